The summed E-state index contributed by atoms with van der Waals surface area (Å²) >= 11 is 0. The van der Waals surface area contributed by atoms with Crippen LogP contribution in [0.25, 0.3) is 0 Å². The summed E-state index contributed by atoms with van der Waals surface area (Å²) in [4.78, 5) is 14.7. The average molecular weight is 295 g/mol. The molecule has 0 spiro atoms. The van der Waals surface area contributed by atoms with Crippen LogP contribution < -0.4 is 0 Å². The van der Waals surface area contributed by atoms with Crippen LogP contribution in [0, 0.1) is 11.3 Å². The topological polar surface area (TPSA) is 49.8 Å². The second-order valence-electron chi connectivity index (χ2n) is 6.89. The molecular formula is C17H29NO3. The Kier molecular flexibility index (Phi) is 5.82. The van der Waals surface area contributed by atoms with Crippen LogP contribution in [0.2, 0.25) is 0 Å². The summed E-state index contributed by atoms with van der Waals surface area (Å²) in [5, 5.41) is 9.88. The Labute approximate surface area is 128 Å². The summed E-state index contributed by atoms with van der Waals surface area (Å²) in [5.74, 6) is 0.393. The molecule has 1 amide bonds. The number of aliphatic hydroxyl groups is 1. The van der Waals surface area contributed by atoms with Crippen LogP contribution in [0.15, 0.2) is 11.6 Å². The number of rotatable bonds is 4. The van der Waals surface area contributed by atoms with E-state index < -0.39 is 0 Å². The Morgan fingerprint density at radius 2 is 2.10 bits per heavy atom. The lowest BCUT2D eigenvalue weighted by atomic mass is 9.77. The first-order valence-corrected chi connectivity index (χ1v) is 8.17. The summed E-state index contributed by atoms with van der Waals surface area (Å²) in [6.45, 7) is 7.27. The highest BCUT2D eigenvalue weighted by molar-refractivity contribution is 5.79. The van der Waals surface area contributed by atoms with Crippen molar-refractivity contribution in [3.8, 4) is 0 Å². The van der Waals surface area contributed by atoms with Crippen LogP contribution in [-0.2, 0) is 9.53 Å². The number of amides is 1. The van der Waals surface area contributed by atoms with E-state index in [1.54, 1.807) is 0 Å². The van der Waals surface area contributed by atoms with Crippen molar-refractivity contribution in [2.75, 3.05) is 32.9 Å². The third kappa shape index (κ3) is 4.30. The summed E-state index contributed by atoms with van der Waals surface area (Å²) in [6.07, 6.45) is 6.74. The number of carbonyl (C=O) groups excluding carboxylic acids is 1. The third-order valence-electron chi connectivity index (χ3n) is 4.82. The van der Waals surface area contributed by atoms with Crippen molar-refractivity contribution >= 4 is 5.91 Å². The van der Waals surface area contributed by atoms with Gasteiger partial charge in [0.05, 0.1) is 6.61 Å². The molecule has 4 nitrogen and oxygen atoms in total. The smallest absolute Gasteiger partial charge is 0.225 e. The van der Waals surface area contributed by atoms with Crippen LogP contribution >= 0.6 is 0 Å². The summed E-state index contributed by atoms with van der Waals surface area (Å²) in [5.41, 5.74) is 1.13. The molecule has 21 heavy (non-hydrogen) atoms. The van der Waals surface area contributed by atoms with Gasteiger partial charge in [0, 0.05) is 37.6 Å². The number of piperidine rings is 1. The van der Waals surface area contributed by atoms with E-state index in [2.05, 4.69) is 19.9 Å². The van der Waals surface area contributed by atoms with Crippen molar-refractivity contribution in [3.63, 3.8) is 0 Å². The third-order valence-corrected chi connectivity index (χ3v) is 4.82. The predicted molar refractivity (Wildman–Crippen MR) is 82.9 cm³/mol. The fourth-order valence-corrected chi connectivity index (χ4v) is 3.38. The Morgan fingerprint density at radius 3 is 2.71 bits per heavy atom. The SMILES string of the molecule is CC(C)=CCC1(CO)CCCN(C(=O)C2CCOCC2)C1. The molecular weight excluding hydrogens is 266 g/mol. The van der Waals surface area contributed by atoms with Crippen LogP contribution in [-0.4, -0.2) is 48.8 Å². The first-order valence-electron chi connectivity index (χ1n) is 8.17. The van der Waals surface area contributed by atoms with Crippen molar-refractivity contribution in [2.45, 2.75) is 46.0 Å². The van der Waals surface area contributed by atoms with E-state index in [9.17, 15) is 9.90 Å². The summed E-state index contributed by atoms with van der Waals surface area (Å²) in [7, 11) is 0. The van der Waals surface area contributed by atoms with Crippen LogP contribution in [0.3, 0.4) is 0 Å². The van der Waals surface area contributed by atoms with Crippen LogP contribution in [0.1, 0.15) is 46.0 Å². The number of aliphatic hydroxyl groups excluding tert-OH is 1. The standard InChI is InChI=1S/C17H29NO3/c1-14(2)4-8-17(13-19)7-3-9-18(12-17)16(20)15-5-10-21-11-6-15/h4,15,19H,3,5-13H2,1-2H3. The second kappa shape index (κ2) is 7.41. The molecule has 2 fully saturated rings. The average Bonchev–Trinajstić information content (AvgIpc) is 2.53. The molecule has 0 aliphatic carbocycles. The van der Waals surface area contributed by atoms with Crippen molar-refractivity contribution in [1.82, 2.24) is 4.90 Å². The number of ether oxygens (including phenoxy) is 1. The normalized spacial score (nSPS) is 27.5. The zero-order valence-corrected chi connectivity index (χ0v) is 13.4. The molecule has 1 N–H and O–H groups in total. The van der Waals surface area contributed by atoms with Gasteiger partial charge in [-0.05, 0) is 46.0 Å². The van der Waals surface area contributed by atoms with Gasteiger partial charge in [-0.15, -0.1) is 0 Å². The number of hydrogen-bond acceptors (Lipinski definition) is 3. The lowest BCUT2D eigenvalue weighted by molar-refractivity contribution is -0.142. The molecule has 2 rings (SSSR count). The van der Waals surface area contributed by atoms with Gasteiger partial charge in [0.25, 0.3) is 0 Å². The van der Waals surface area contributed by atoms with Crippen molar-refractivity contribution in [1.29, 1.82) is 0 Å². The highest BCUT2D eigenvalue weighted by Crippen LogP contribution is 2.35. The Morgan fingerprint density at radius 1 is 1.38 bits per heavy atom. The van der Waals surface area contributed by atoms with Gasteiger partial charge < -0.3 is 14.7 Å². The fraction of sp³-hybridized carbons (Fsp3) is 0.824. The Bertz CT molecular complexity index is 383. The first-order chi connectivity index (χ1) is 10.1. The molecule has 1 atom stereocenters. The number of hydrogen-bond donors (Lipinski definition) is 1. The molecule has 2 heterocycles. The van der Waals surface area contributed by atoms with Gasteiger partial charge in [-0.25, -0.2) is 0 Å². The summed E-state index contributed by atoms with van der Waals surface area (Å²) in [6, 6.07) is 0. The molecule has 0 saturated carbocycles. The summed E-state index contributed by atoms with van der Waals surface area (Å²) < 4.78 is 5.35. The monoisotopic (exact) mass is 295 g/mol. The minimum Gasteiger partial charge on any atom is -0.396 e. The quantitative estimate of drug-likeness (QED) is 0.810. The van der Waals surface area contributed by atoms with Gasteiger partial charge in [0.1, 0.15) is 0 Å². The van der Waals surface area contributed by atoms with Gasteiger partial charge in [-0.3, -0.25) is 4.79 Å². The molecule has 0 radical (unpaired) electrons. The van der Waals surface area contributed by atoms with Gasteiger partial charge in [-0.2, -0.15) is 0 Å². The number of likely N-dealkylation sites (tertiary alicyclic amines) is 1. The molecule has 4 heteroatoms. The Hall–Kier alpha value is -0.870. The minimum absolute atomic E-state index is 0.122. The van der Waals surface area contributed by atoms with Gasteiger partial charge in [-0.1, -0.05) is 11.6 Å². The highest BCUT2D eigenvalue weighted by Gasteiger charge is 2.37. The lowest BCUT2D eigenvalue weighted by Gasteiger charge is -2.43. The van der Waals surface area contributed by atoms with Crippen LogP contribution in [0.4, 0.5) is 0 Å². The molecule has 120 valence electrons. The maximum Gasteiger partial charge on any atom is 0.225 e. The van der Waals surface area contributed by atoms with Crippen molar-refractivity contribution < 1.29 is 14.6 Å². The van der Waals surface area contributed by atoms with Crippen LogP contribution in [0.5, 0.6) is 0 Å². The number of nitrogens with zero attached hydrogens (tertiary/aromatic N) is 1. The molecule has 2 aliphatic rings. The second-order valence-corrected chi connectivity index (χ2v) is 6.89. The maximum atomic E-state index is 12.7. The van der Waals surface area contributed by atoms with Crippen molar-refractivity contribution in [2.24, 2.45) is 11.3 Å². The van der Waals surface area contributed by atoms with Gasteiger partial charge in [0.15, 0.2) is 0 Å². The van der Waals surface area contributed by atoms with E-state index in [-0.39, 0.29) is 23.8 Å². The van der Waals surface area contributed by atoms with E-state index in [0.29, 0.717) is 19.8 Å². The predicted octanol–water partition coefficient (Wildman–Crippen LogP) is 2.37. The molecule has 1 unspecified atom stereocenters. The Balaban J connectivity index is 2.00. The number of allylic oxidation sites excluding steroid dienone is 2. The molecule has 2 aliphatic heterocycles. The highest BCUT2D eigenvalue weighted by atomic mass is 16.5. The molecule has 0 aromatic heterocycles. The zero-order valence-electron chi connectivity index (χ0n) is 13.4. The molecule has 0 bridgehead atoms. The van der Waals surface area contributed by atoms with E-state index in [4.69, 9.17) is 4.74 Å². The minimum atomic E-state index is -0.143. The molecule has 0 aromatic rings. The molecule has 0 aromatic carbocycles. The van der Waals surface area contributed by atoms with E-state index in [1.165, 1.54) is 5.57 Å². The van der Waals surface area contributed by atoms with Gasteiger partial charge in [0.2, 0.25) is 5.91 Å². The maximum absolute atomic E-state index is 12.7. The fourth-order valence-electron chi connectivity index (χ4n) is 3.38. The van der Waals surface area contributed by atoms with Gasteiger partial charge >= 0.3 is 0 Å². The first kappa shape index (κ1) is 16.5. The zero-order chi connectivity index (χ0) is 15.3. The van der Waals surface area contributed by atoms with E-state index in [0.717, 1.165) is 38.6 Å². The van der Waals surface area contributed by atoms with Crippen molar-refractivity contribution in [3.05, 3.63) is 11.6 Å². The number of carbonyl (C=O) groups is 1. The molecule has 2 saturated heterocycles. The van der Waals surface area contributed by atoms with E-state index >= 15 is 0 Å². The largest absolute Gasteiger partial charge is 0.396 e. The lowest BCUT2D eigenvalue weighted by Crippen LogP contribution is -2.50. The van der Waals surface area contributed by atoms with E-state index in [1.807, 2.05) is 4.90 Å².